The smallest absolute Gasteiger partial charge is 0.339 e. The van der Waals surface area contributed by atoms with E-state index in [0.29, 0.717) is 5.56 Å². The maximum Gasteiger partial charge on any atom is 0.339 e. The van der Waals surface area contributed by atoms with Crippen molar-refractivity contribution in [3.05, 3.63) is 108 Å². The number of nitrogens with zero attached hydrogens (tertiary/aromatic N) is 1. The number of para-hydroxylation sites is 1. The van der Waals surface area contributed by atoms with Gasteiger partial charge in [0, 0.05) is 11.1 Å². The second-order valence-corrected chi connectivity index (χ2v) is 10.1. The molecule has 5 nitrogen and oxygen atoms in total. The minimum Gasteiger partial charge on any atom is -0.379 e. The Morgan fingerprint density at radius 2 is 1.59 bits per heavy atom. The van der Waals surface area contributed by atoms with E-state index in [0.717, 1.165) is 26.9 Å². The molecule has 0 radical (unpaired) electrons. The number of hydrogen-bond acceptors (Lipinski definition) is 6. The Morgan fingerprint density at radius 1 is 0.875 bits per heavy atom. The highest BCUT2D eigenvalue weighted by Gasteiger charge is 2.27. The van der Waals surface area contributed by atoms with Gasteiger partial charge in [-0.05, 0) is 35.9 Å². The summed E-state index contributed by atoms with van der Waals surface area (Å²) in [5, 5.41) is 7.39. The van der Waals surface area contributed by atoms with Gasteiger partial charge in [0.25, 0.3) is 0 Å². The van der Waals surface area contributed by atoms with Crippen molar-refractivity contribution >= 4 is 37.7 Å². The van der Waals surface area contributed by atoms with Crippen LogP contribution in [0, 0.1) is 6.92 Å². The van der Waals surface area contributed by atoms with E-state index >= 15 is 0 Å². The lowest BCUT2D eigenvalue weighted by molar-refractivity contribution is 0.481. The number of thioether (sulfide) groups is 1. The number of hydrogen-bond donors (Lipinski definition) is 1. The molecule has 1 aliphatic rings. The molecule has 1 aliphatic heterocycles. The summed E-state index contributed by atoms with van der Waals surface area (Å²) in [7, 11) is -3.95. The Kier molecular flexibility index (Phi) is 5.36. The van der Waals surface area contributed by atoms with Crippen molar-refractivity contribution in [3.8, 4) is 5.75 Å². The summed E-state index contributed by atoms with van der Waals surface area (Å²) in [5.41, 5.74) is 5.87. The predicted octanol–water partition coefficient (Wildman–Crippen LogP) is 5.61. The molecule has 1 heterocycles. The summed E-state index contributed by atoms with van der Waals surface area (Å²) >= 11 is 1.53. The van der Waals surface area contributed by atoms with Gasteiger partial charge in [0.1, 0.15) is 21.1 Å². The first kappa shape index (κ1) is 20.6. The molecule has 0 saturated carbocycles. The Bertz CT molecular complexity index is 1430. The Hall–Kier alpha value is -3.29. The van der Waals surface area contributed by atoms with Crippen LogP contribution in [-0.4, -0.2) is 13.5 Å². The van der Waals surface area contributed by atoms with Gasteiger partial charge in [-0.1, -0.05) is 90.1 Å². The zero-order valence-electron chi connectivity index (χ0n) is 17.2. The first-order chi connectivity index (χ1) is 15.5. The Morgan fingerprint density at radius 3 is 2.44 bits per heavy atom. The highest BCUT2D eigenvalue weighted by atomic mass is 32.2. The Labute approximate surface area is 191 Å². The van der Waals surface area contributed by atoms with Gasteiger partial charge in [0.15, 0.2) is 0 Å². The monoisotopic (exact) mass is 460 g/mol. The average molecular weight is 461 g/mol. The van der Waals surface area contributed by atoms with Crippen LogP contribution in [0.3, 0.4) is 0 Å². The number of aryl methyl sites for hydroxylation is 1. The molecule has 0 aromatic heterocycles. The van der Waals surface area contributed by atoms with E-state index in [1.54, 1.807) is 36.4 Å². The van der Waals surface area contributed by atoms with Gasteiger partial charge in [-0.15, -0.1) is 0 Å². The summed E-state index contributed by atoms with van der Waals surface area (Å²) < 4.78 is 31.2. The highest BCUT2D eigenvalue weighted by molar-refractivity contribution is 8.14. The molecule has 0 amide bonds. The number of rotatable bonds is 5. The molecule has 0 fully saturated rings. The molecule has 7 heteroatoms. The molecule has 0 aliphatic carbocycles. The van der Waals surface area contributed by atoms with Gasteiger partial charge in [0.2, 0.25) is 0 Å². The van der Waals surface area contributed by atoms with Crippen LogP contribution in [-0.2, 0) is 10.1 Å². The van der Waals surface area contributed by atoms with Crippen molar-refractivity contribution in [1.29, 1.82) is 0 Å². The van der Waals surface area contributed by atoms with E-state index in [1.165, 1.54) is 11.8 Å². The second-order valence-electron chi connectivity index (χ2n) is 7.46. The molecule has 4 aromatic rings. The molecule has 160 valence electrons. The van der Waals surface area contributed by atoms with Gasteiger partial charge >= 0.3 is 10.1 Å². The fraction of sp³-hybridized carbons (Fsp3) is 0.0800. The predicted molar refractivity (Wildman–Crippen MR) is 129 cm³/mol. The normalized spacial score (nSPS) is 15.9. The molecule has 0 unspecified atom stereocenters. The van der Waals surface area contributed by atoms with Crippen LogP contribution in [0.5, 0.6) is 5.75 Å². The Balaban J connectivity index is 1.42. The molecular weight excluding hydrogens is 440 g/mol. The first-order valence-electron chi connectivity index (χ1n) is 10.1. The molecule has 1 atom stereocenters. The van der Waals surface area contributed by atoms with E-state index in [2.05, 4.69) is 28.7 Å². The van der Waals surface area contributed by atoms with E-state index in [4.69, 9.17) is 4.18 Å². The zero-order chi connectivity index (χ0) is 22.1. The number of nitrogens with one attached hydrogen (secondary N) is 1. The molecule has 4 aromatic carbocycles. The van der Waals surface area contributed by atoms with Crippen LogP contribution in [0.25, 0.3) is 10.8 Å². The van der Waals surface area contributed by atoms with Crippen LogP contribution >= 0.6 is 11.8 Å². The van der Waals surface area contributed by atoms with Gasteiger partial charge in [-0.3, -0.25) is 5.43 Å². The van der Waals surface area contributed by atoms with Crippen molar-refractivity contribution in [2.75, 3.05) is 0 Å². The molecule has 0 saturated heterocycles. The lowest BCUT2D eigenvalue weighted by atomic mass is 10.1. The summed E-state index contributed by atoms with van der Waals surface area (Å²) in [4.78, 5) is 0.123. The number of fused-ring (bicyclic) bond motifs is 1. The van der Waals surface area contributed by atoms with Crippen molar-refractivity contribution in [1.82, 2.24) is 5.43 Å². The fourth-order valence-corrected chi connectivity index (χ4v) is 5.61. The SMILES string of the molecule is Cc1ccc(S(=O)(=O)Oc2ccccc2[C@H]2NN=C(c3cccc4ccccc34)S2)cc1. The topological polar surface area (TPSA) is 67.8 Å². The zero-order valence-corrected chi connectivity index (χ0v) is 18.9. The van der Waals surface area contributed by atoms with Crippen molar-refractivity contribution in [2.24, 2.45) is 5.10 Å². The van der Waals surface area contributed by atoms with Crippen LogP contribution in [0.4, 0.5) is 0 Å². The molecule has 32 heavy (non-hydrogen) atoms. The van der Waals surface area contributed by atoms with Gasteiger partial charge in [-0.25, -0.2) is 0 Å². The van der Waals surface area contributed by atoms with E-state index in [9.17, 15) is 8.42 Å². The third-order valence-corrected chi connectivity index (χ3v) is 7.62. The average Bonchev–Trinajstić information content (AvgIpc) is 3.29. The summed E-state index contributed by atoms with van der Waals surface area (Å²) in [5.74, 6) is 0.285. The largest absolute Gasteiger partial charge is 0.379 e. The first-order valence-corrected chi connectivity index (χ1v) is 12.4. The molecule has 5 rings (SSSR count). The van der Waals surface area contributed by atoms with Crippen LogP contribution in [0.2, 0.25) is 0 Å². The maximum atomic E-state index is 12.8. The minimum absolute atomic E-state index is 0.123. The summed E-state index contributed by atoms with van der Waals surface area (Å²) in [6.45, 7) is 1.91. The number of benzene rings is 4. The highest BCUT2D eigenvalue weighted by Crippen LogP contribution is 2.40. The van der Waals surface area contributed by atoms with Crippen molar-refractivity contribution in [2.45, 2.75) is 17.2 Å². The van der Waals surface area contributed by atoms with Crippen molar-refractivity contribution < 1.29 is 12.6 Å². The van der Waals surface area contributed by atoms with E-state index < -0.39 is 10.1 Å². The van der Waals surface area contributed by atoms with Crippen LogP contribution < -0.4 is 9.61 Å². The maximum absolute atomic E-state index is 12.8. The minimum atomic E-state index is -3.95. The standard InChI is InChI=1S/C25H20N2O3S2/c1-17-13-15-19(16-14-17)32(28,29)30-23-12-5-4-10-22(23)25-27-26-24(31-25)21-11-6-8-18-7-2-3-9-20(18)21/h2-16,25,27H,1H3/t25-/m0/s1. The molecule has 0 spiro atoms. The lowest BCUT2D eigenvalue weighted by Gasteiger charge is -2.15. The van der Waals surface area contributed by atoms with Gasteiger partial charge < -0.3 is 4.18 Å². The second kappa shape index (κ2) is 8.33. The summed E-state index contributed by atoms with van der Waals surface area (Å²) in [6, 6.07) is 28.0. The van der Waals surface area contributed by atoms with Crippen molar-refractivity contribution in [3.63, 3.8) is 0 Å². The molecule has 0 bridgehead atoms. The fourth-order valence-electron chi connectivity index (χ4n) is 3.59. The van der Waals surface area contributed by atoms with Crippen LogP contribution in [0.1, 0.15) is 22.1 Å². The summed E-state index contributed by atoms with van der Waals surface area (Å²) in [6.07, 6.45) is 0. The van der Waals surface area contributed by atoms with Gasteiger partial charge in [-0.2, -0.15) is 13.5 Å². The molecular formula is C25H20N2O3S2. The van der Waals surface area contributed by atoms with E-state index in [1.807, 2.05) is 43.3 Å². The van der Waals surface area contributed by atoms with Gasteiger partial charge in [0.05, 0.1) is 0 Å². The van der Waals surface area contributed by atoms with E-state index in [-0.39, 0.29) is 16.0 Å². The quantitative estimate of drug-likeness (QED) is 0.392. The number of hydrazone groups is 1. The third kappa shape index (κ3) is 3.97. The third-order valence-electron chi connectivity index (χ3n) is 5.24. The lowest BCUT2D eigenvalue weighted by Crippen LogP contribution is -2.14. The van der Waals surface area contributed by atoms with Crippen LogP contribution in [0.15, 0.2) is 101 Å². The molecule has 1 N–H and O–H groups in total.